The first-order valence-electron chi connectivity index (χ1n) is 9.02. The van der Waals surface area contributed by atoms with Gasteiger partial charge in [0.05, 0.1) is 12.8 Å². The highest BCUT2D eigenvalue weighted by Gasteiger charge is 2.10. The van der Waals surface area contributed by atoms with Gasteiger partial charge in [-0.05, 0) is 43.2 Å². The van der Waals surface area contributed by atoms with Crippen molar-refractivity contribution >= 4 is 5.91 Å². The third kappa shape index (κ3) is 4.46. The van der Waals surface area contributed by atoms with E-state index in [1.54, 1.807) is 13.2 Å². The van der Waals surface area contributed by atoms with Gasteiger partial charge in [0.1, 0.15) is 12.3 Å². The second-order valence-electron chi connectivity index (χ2n) is 6.60. The molecule has 3 rings (SSSR count). The Morgan fingerprint density at radius 2 is 1.86 bits per heavy atom. The van der Waals surface area contributed by atoms with Crippen LogP contribution in [0.25, 0.3) is 11.3 Å². The smallest absolute Gasteiger partial charge is 0.267 e. The lowest BCUT2D eigenvalue weighted by molar-refractivity contribution is -0.122. The summed E-state index contributed by atoms with van der Waals surface area (Å²) in [6.45, 7) is 4.24. The van der Waals surface area contributed by atoms with Crippen molar-refractivity contribution in [3.63, 3.8) is 0 Å². The van der Waals surface area contributed by atoms with Gasteiger partial charge in [-0.2, -0.15) is 5.10 Å². The summed E-state index contributed by atoms with van der Waals surface area (Å²) in [6.07, 6.45) is 0. The van der Waals surface area contributed by atoms with E-state index in [1.165, 1.54) is 16.3 Å². The van der Waals surface area contributed by atoms with E-state index in [0.717, 1.165) is 16.7 Å². The third-order valence-corrected chi connectivity index (χ3v) is 4.63. The second kappa shape index (κ2) is 8.52. The summed E-state index contributed by atoms with van der Waals surface area (Å²) in [5.41, 5.74) is 4.44. The molecule has 0 radical (unpaired) electrons. The minimum atomic E-state index is -0.319. The number of amides is 1. The lowest BCUT2D eigenvalue weighted by atomic mass is 10.0. The third-order valence-electron chi connectivity index (χ3n) is 4.63. The molecule has 0 aliphatic carbocycles. The van der Waals surface area contributed by atoms with Gasteiger partial charge >= 0.3 is 0 Å². The number of rotatable bonds is 6. The molecule has 0 fully saturated rings. The number of hydrogen-bond acceptors (Lipinski definition) is 4. The molecule has 0 aliphatic heterocycles. The number of benzene rings is 2. The number of methoxy groups -OCH3 is 1. The Kier molecular flexibility index (Phi) is 5.89. The molecular weight excluding hydrogens is 354 g/mol. The Morgan fingerprint density at radius 1 is 1.07 bits per heavy atom. The van der Waals surface area contributed by atoms with Crippen LogP contribution in [-0.4, -0.2) is 22.8 Å². The summed E-state index contributed by atoms with van der Waals surface area (Å²) < 4.78 is 6.46. The van der Waals surface area contributed by atoms with Gasteiger partial charge in [0, 0.05) is 23.7 Å². The Morgan fingerprint density at radius 3 is 2.61 bits per heavy atom. The average molecular weight is 377 g/mol. The highest BCUT2D eigenvalue weighted by molar-refractivity contribution is 5.75. The van der Waals surface area contributed by atoms with Crippen molar-refractivity contribution in [3.8, 4) is 17.0 Å². The molecule has 28 heavy (non-hydrogen) atoms. The molecular formula is C22H23N3O3. The molecule has 0 atom stereocenters. The minimum absolute atomic E-state index is 0.146. The summed E-state index contributed by atoms with van der Waals surface area (Å²) in [6, 6.07) is 16.6. The van der Waals surface area contributed by atoms with Gasteiger partial charge in [-0.1, -0.05) is 30.3 Å². The van der Waals surface area contributed by atoms with E-state index in [4.69, 9.17) is 4.74 Å². The first kappa shape index (κ1) is 19.4. The number of aromatic nitrogens is 2. The van der Waals surface area contributed by atoms with Gasteiger partial charge < -0.3 is 10.1 Å². The molecule has 1 N–H and O–H groups in total. The Labute approximate surface area is 163 Å². The van der Waals surface area contributed by atoms with Crippen LogP contribution in [0.5, 0.6) is 5.75 Å². The van der Waals surface area contributed by atoms with E-state index in [1.807, 2.05) is 56.3 Å². The van der Waals surface area contributed by atoms with Gasteiger partial charge in [-0.25, -0.2) is 4.68 Å². The van der Waals surface area contributed by atoms with E-state index >= 15 is 0 Å². The van der Waals surface area contributed by atoms with Crippen LogP contribution < -0.4 is 15.6 Å². The van der Waals surface area contributed by atoms with Crippen LogP contribution in [0.4, 0.5) is 0 Å². The lowest BCUT2D eigenvalue weighted by Gasteiger charge is -2.11. The molecule has 144 valence electrons. The summed E-state index contributed by atoms with van der Waals surface area (Å²) in [7, 11) is 1.59. The Hall–Kier alpha value is -3.41. The molecule has 2 aromatic carbocycles. The summed E-state index contributed by atoms with van der Waals surface area (Å²) in [4.78, 5) is 24.5. The summed E-state index contributed by atoms with van der Waals surface area (Å²) >= 11 is 0. The van der Waals surface area contributed by atoms with E-state index in [-0.39, 0.29) is 18.0 Å². The molecule has 3 aromatic rings. The van der Waals surface area contributed by atoms with Crippen molar-refractivity contribution in [2.45, 2.75) is 26.9 Å². The zero-order valence-electron chi connectivity index (χ0n) is 16.2. The van der Waals surface area contributed by atoms with Crippen molar-refractivity contribution < 1.29 is 9.53 Å². The standard InChI is InChI=1S/C22H23N3O3/c1-15-8-9-17(12-16(15)2)19-10-11-22(27)25(24-19)14-21(26)23-13-18-6-4-5-7-20(18)28-3/h4-12H,13-14H2,1-3H3,(H,23,26). The van der Waals surface area contributed by atoms with Gasteiger partial charge in [0.2, 0.25) is 5.91 Å². The van der Waals surface area contributed by atoms with Crippen molar-refractivity contribution in [1.82, 2.24) is 15.1 Å². The van der Waals surface area contributed by atoms with Crippen LogP contribution in [-0.2, 0) is 17.9 Å². The zero-order chi connectivity index (χ0) is 20.1. The molecule has 0 saturated heterocycles. The highest BCUT2D eigenvalue weighted by atomic mass is 16.5. The predicted octanol–water partition coefficient (Wildman–Crippen LogP) is 2.85. The molecule has 6 nitrogen and oxygen atoms in total. The van der Waals surface area contributed by atoms with E-state index in [0.29, 0.717) is 18.0 Å². The maximum Gasteiger partial charge on any atom is 0.267 e. The molecule has 6 heteroatoms. The van der Waals surface area contributed by atoms with Gasteiger partial charge in [-0.3, -0.25) is 9.59 Å². The highest BCUT2D eigenvalue weighted by Crippen LogP contribution is 2.19. The zero-order valence-corrected chi connectivity index (χ0v) is 16.2. The fourth-order valence-electron chi connectivity index (χ4n) is 2.85. The number of nitrogens with zero attached hydrogens (tertiary/aromatic N) is 2. The number of aryl methyl sites for hydroxylation is 2. The number of carbonyl (C=O) groups excluding carboxylic acids is 1. The van der Waals surface area contributed by atoms with Gasteiger partial charge in [0.25, 0.3) is 5.56 Å². The van der Waals surface area contributed by atoms with Crippen LogP contribution in [0.3, 0.4) is 0 Å². The predicted molar refractivity (Wildman–Crippen MR) is 108 cm³/mol. The van der Waals surface area contributed by atoms with Crippen molar-refractivity contribution in [2.75, 3.05) is 7.11 Å². The molecule has 1 amide bonds. The largest absolute Gasteiger partial charge is 0.496 e. The van der Waals surface area contributed by atoms with Crippen LogP contribution in [0.1, 0.15) is 16.7 Å². The van der Waals surface area contributed by atoms with Gasteiger partial charge in [0.15, 0.2) is 0 Å². The average Bonchev–Trinajstić information content (AvgIpc) is 2.70. The van der Waals surface area contributed by atoms with E-state index in [2.05, 4.69) is 10.4 Å². The molecule has 0 bridgehead atoms. The number of nitrogens with one attached hydrogen (secondary N) is 1. The lowest BCUT2D eigenvalue weighted by Crippen LogP contribution is -2.33. The maximum atomic E-state index is 12.3. The minimum Gasteiger partial charge on any atom is -0.496 e. The molecule has 1 aromatic heterocycles. The molecule has 0 unspecified atom stereocenters. The number of hydrogen-bond donors (Lipinski definition) is 1. The molecule has 0 saturated carbocycles. The quantitative estimate of drug-likeness (QED) is 0.717. The molecule has 1 heterocycles. The first-order chi connectivity index (χ1) is 13.5. The Balaban J connectivity index is 1.73. The maximum absolute atomic E-state index is 12.3. The molecule has 0 spiro atoms. The number of ether oxygens (including phenoxy) is 1. The molecule has 0 aliphatic rings. The van der Waals surface area contributed by atoms with E-state index < -0.39 is 0 Å². The summed E-state index contributed by atoms with van der Waals surface area (Å²) in [5, 5.41) is 7.17. The fraction of sp³-hybridized carbons (Fsp3) is 0.227. The van der Waals surface area contributed by atoms with Crippen LogP contribution in [0.2, 0.25) is 0 Å². The fourth-order valence-corrected chi connectivity index (χ4v) is 2.85. The van der Waals surface area contributed by atoms with Crippen molar-refractivity contribution in [2.24, 2.45) is 0 Å². The number of para-hydroxylation sites is 1. The Bertz CT molecular complexity index is 1060. The first-order valence-corrected chi connectivity index (χ1v) is 9.02. The topological polar surface area (TPSA) is 73.2 Å². The van der Waals surface area contributed by atoms with Crippen molar-refractivity contribution in [1.29, 1.82) is 0 Å². The van der Waals surface area contributed by atoms with E-state index in [9.17, 15) is 9.59 Å². The van der Waals surface area contributed by atoms with Gasteiger partial charge in [-0.15, -0.1) is 0 Å². The second-order valence-corrected chi connectivity index (χ2v) is 6.60. The van der Waals surface area contributed by atoms with Crippen LogP contribution in [0, 0.1) is 13.8 Å². The van der Waals surface area contributed by atoms with Crippen LogP contribution >= 0.6 is 0 Å². The van der Waals surface area contributed by atoms with Crippen molar-refractivity contribution in [3.05, 3.63) is 81.6 Å². The monoisotopic (exact) mass is 377 g/mol. The van der Waals surface area contributed by atoms with Crippen LogP contribution in [0.15, 0.2) is 59.4 Å². The normalized spacial score (nSPS) is 10.5. The number of carbonyl (C=O) groups is 1. The summed E-state index contributed by atoms with van der Waals surface area (Å²) in [5.74, 6) is 0.410. The SMILES string of the molecule is COc1ccccc1CNC(=O)Cn1nc(-c2ccc(C)c(C)c2)ccc1=O.